The molecule has 1 aromatic carbocycles. The Balaban J connectivity index is 2.94. The first-order valence-electron chi connectivity index (χ1n) is 6.42. The van der Waals surface area contributed by atoms with Crippen LogP contribution in [0.3, 0.4) is 0 Å². The maximum Gasteiger partial charge on any atom is 0.308 e. The van der Waals surface area contributed by atoms with E-state index in [1.165, 1.54) is 0 Å². The molecule has 20 heavy (non-hydrogen) atoms. The highest BCUT2D eigenvalue weighted by molar-refractivity contribution is 5.87. The van der Waals surface area contributed by atoms with Crippen molar-refractivity contribution in [3.05, 3.63) is 39.7 Å². The first kappa shape index (κ1) is 14.1. The average Bonchev–Trinajstić information content (AvgIpc) is 2.43. The molecule has 0 unspecified atom stereocenters. The van der Waals surface area contributed by atoms with Crippen molar-refractivity contribution in [2.45, 2.75) is 26.8 Å². The molecule has 1 aromatic heterocycles. The molecule has 0 aliphatic carbocycles. The Morgan fingerprint density at radius 3 is 2.65 bits per heavy atom. The van der Waals surface area contributed by atoms with Crippen LogP contribution in [0.25, 0.3) is 10.9 Å². The number of benzene rings is 1. The van der Waals surface area contributed by atoms with Crippen LogP contribution in [0.1, 0.15) is 18.2 Å². The van der Waals surface area contributed by atoms with Gasteiger partial charge in [0.05, 0.1) is 19.0 Å². The number of aliphatic carboxylic acids is 1. The van der Waals surface area contributed by atoms with Crippen LogP contribution in [-0.4, -0.2) is 22.8 Å². The Bertz CT molecular complexity index is 731. The zero-order valence-electron chi connectivity index (χ0n) is 11.8. The summed E-state index contributed by atoms with van der Waals surface area (Å²) < 4.78 is 7.25. The van der Waals surface area contributed by atoms with Gasteiger partial charge in [-0.05, 0) is 26.0 Å². The zero-order valence-corrected chi connectivity index (χ0v) is 11.8. The molecule has 2 aromatic rings. The first-order chi connectivity index (χ1) is 9.51. The van der Waals surface area contributed by atoms with Crippen LogP contribution in [0.5, 0.6) is 5.75 Å². The Labute approximate surface area is 116 Å². The van der Waals surface area contributed by atoms with Crippen LogP contribution in [0, 0.1) is 6.92 Å². The number of fused-ring (bicyclic) bond motifs is 1. The number of pyridine rings is 1. The number of aryl methyl sites for hydroxylation is 1. The predicted molar refractivity (Wildman–Crippen MR) is 76.5 cm³/mol. The minimum absolute atomic E-state index is 0.233. The van der Waals surface area contributed by atoms with Gasteiger partial charge in [0.15, 0.2) is 5.43 Å². The SMILES string of the molecule is CCn1c(C)c(CC(=O)O)c(=O)c2cccc(OC)c21. The van der Waals surface area contributed by atoms with Crippen molar-refractivity contribution in [3.8, 4) is 5.75 Å². The highest BCUT2D eigenvalue weighted by atomic mass is 16.5. The molecular weight excluding hydrogens is 258 g/mol. The maximum atomic E-state index is 12.5. The molecule has 0 radical (unpaired) electrons. The normalized spacial score (nSPS) is 10.8. The summed E-state index contributed by atoms with van der Waals surface area (Å²) in [6.45, 7) is 4.36. The molecule has 0 saturated carbocycles. The third-order valence-corrected chi connectivity index (χ3v) is 3.49. The van der Waals surface area contributed by atoms with E-state index in [1.807, 2.05) is 11.5 Å². The molecular formula is C15H17NO4. The molecule has 0 bridgehead atoms. The van der Waals surface area contributed by atoms with E-state index in [0.717, 1.165) is 0 Å². The van der Waals surface area contributed by atoms with E-state index in [-0.39, 0.29) is 11.8 Å². The monoisotopic (exact) mass is 275 g/mol. The van der Waals surface area contributed by atoms with Crippen molar-refractivity contribution >= 4 is 16.9 Å². The summed E-state index contributed by atoms with van der Waals surface area (Å²) in [5.41, 5.74) is 1.50. The molecule has 5 heteroatoms. The molecule has 0 fully saturated rings. The predicted octanol–water partition coefficient (Wildman–Crippen LogP) is 1.97. The number of hydrogen-bond donors (Lipinski definition) is 1. The van der Waals surface area contributed by atoms with Gasteiger partial charge in [0.2, 0.25) is 0 Å². The summed E-state index contributed by atoms with van der Waals surface area (Å²) in [6.07, 6.45) is -0.266. The summed E-state index contributed by atoms with van der Waals surface area (Å²) in [5.74, 6) is -0.387. The molecule has 0 saturated heterocycles. The Hall–Kier alpha value is -2.30. The number of nitrogens with zero attached hydrogens (tertiary/aromatic N) is 1. The molecule has 0 aliphatic heterocycles. The number of ether oxygens (including phenoxy) is 1. The molecule has 5 nitrogen and oxygen atoms in total. The van der Waals surface area contributed by atoms with E-state index in [4.69, 9.17) is 9.84 Å². The molecule has 0 aliphatic rings. The molecule has 0 spiro atoms. The summed E-state index contributed by atoms with van der Waals surface area (Å²) in [6, 6.07) is 5.24. The number of rotatable bonds is 4. The standard InChI is InChI=1S/C15H17NO4/c1-4-16-9(2)11(8-13(17)18)15(19)10-6-5-7-12(20-3)14(10)16/h5-7H,4,8H2,1-3H3,(H,17,18). The van der Waals surface area contributed by atoms with Gasteiger partial charge in [0.1, 0.15) is 5.75 Å². The largest absolute Gasteiger partial charge is 0.495 e. The third-order valence-electron chi connectivity index (χ3n) is 3.49. The van der Waals surface area contributed by atoms with Crippen LogP contribution in [0.4, 0.5) is 0 Å². The lowest BCUT2D eigenvalue weighted by atomic mass is 10.0. The van der Waals surface area contributed by atoms with E-state index in [2.05, 4.69) is 0 Å². The number of aromatic nitrogens is 1. The van der Waals surface area contributed by atoms with Crippen molar-refractivity contribution in [1.29, 1.82) is 0 Å². The van der Waals surface area contributed by atoms with Crippen molar-refractivity contribution in [3.63, 3.8) is 0 Å². The Kier molecular flexibility index (Phi) is 3.79. The lowest BCUT2D eigenvalue weighted by Gasteiger charge is -2.18. The summed E-state index contributed by atoms with van der Waals surface area (Å²) >= 11 is 0. The minimum atomic E-state index is -1.00. The second-order valence-corrected chi connectivity index (χ2v) is 4.56. The molecule has 1 N–H and O–H groups in total. The summed E-state index contributed by atoms with van der Waals surface area (Å²) in [4.78, 5) is 23.4. The number of hydrogen-bond acceptors (Lipinski definition) is 3. The molecule has 0 amide bonds. The van der Waals surface area contributed by atoms with Gasteiger partial charge < -0.3 is 14.4 Å². The lowest BCUT2D eigenvalue weighted by Crippen LogP contribution is -2.21. The fourth-order valence-corrected chi connectivity index (χ4v) is 2.56. The number of methoxy groups -OCH3 is 1. The van der Waals surface area contributed by atoms with Crippen molar-refractivity contribution in [1.82, 2.24) is 4.57 Å². The number of para-hydroxylation sites is 1. The number of carbonyl (C=O) groups is 1. The van der Waals surface area contributed by atoms with Gasteiger partial charge in [-0.3, -0.25) is 9.59 Å². The smallest absolute Gasteiger partial charge is 0.308 e. The van der Waals surface area contributed by atoms with Crippen LogP contribution in [-0.2, 0) is 17.8 Å². The minimum Gasteiger partial charge on any atom is -0.495 e. The van der Waals surface area contributed by atoms with Gasteiger partial charge in [0, 0.05) is 23.2 Å². The summed E-state index contributed by atoms with van der Waals surface area (Å²) in [7, 11) is 1.56. The van der Waals surface area contributed by atoms with Gasteiger partial charge in [-0.25, -0.2) is 0 Å². The van der Waals surface area contributed by atoms with Crippen molar-refractivity contribution in [2.75, 3.05) is 7.11 Å². The van der Waals surface area contributed by atoms with Crippen LogP contribution >= 0.6 is 0 Å². The highest BCUT2D eigenvalue weighted by Gasteiger charge is 2.17. The van der Waals surface area contributed by atoms with Crippen molar-refractivity contribution < 1.29 is 14.6 Å². The van der Waals surface area contributed by atoms with E-state index in [1.54, 1.807) is 32.2 Å². The number of carboxylic acid groups (broad SMARTS) is 1. The molecule has 106 valence electrons. The topological polar surface area (TPSA) is 68.5 Å². The van der Waals surface area contributed by atoms with E-state index in [9.17, 15) is 9.59 Å². The molecule has 0 atom stereocenters. The van der Waals surface area contributed by atoms with Gasteiger partial charge in [-0.2, -0.15) is 0 Å². The molecule has 1 heterocycles. The van der Waals surface area contributed by atoms with E-state index in [0.29, 0.717) is 34.5 Å². The molecule has 2 rings (SSSR count). The van der Waals surface area contributed by atoms with Crippen LogP contribution < -0.4 is 10.2 Å². The van der Waals surface area contributed by atoms with Crippen molar-refractivity contribution in [2.24, 2.45) is 0 Å². The number of carboxylic acids is 1. The lowest BCUT2D eigenvalue weighted by molar-refractivity contribution is -0.136. The summed E-state index contributed by atoms with van der Waals surface area (Å²) in [5, 5.41) is 9.47. The first-order valence-corrected chi connectivity index (χ1v) is 6.42. The Morgan fingerprint density at radius 2 is 2.10 bits per heavy atom. The van der Waals surface area contributed by atoms with Gasteiger partial charge in [-0.15, -0.1) is 0 Å². The van der Waals surface area contributed by atoms with Gasteiger partial charge >= 0.3 is 5.97 Å². The Morgan fingerprint density at radius 1 is 1.40 bits per heavy atom. The second-order valence-electron chi connectivity index (χ2n) is 4.56. The van der Waals surface area contributed by atoms with E-state index < -0.39 is 5.97 Å². The third kappa shape index (κ3) is 2.15. The second kappa shape index (κ2) is 5.36. The van der Waals surface area contributed by atoms with Gasteiger partial charge in [-0.1, -0.05) is 6.07 Å². The zero-order chi connectivity index (χ0) is 14.9. The van der Waals surface area contributed by atoms with Gasteiger partial charge in [0.25, 0.3) is 0 Å². The quantitative estimate of drug-likeness (QED) is 0.926. The highest BCUT2D eigenvalue weighted by Crippen LogP contribution is 2.25. The fourth-order valence-electron chi connectivity index (χ4n) is 2.56. The fraction of sp³-hybridized carbons (Fsp3) is 0.333. The van der Waals surface area contributed by atoms with Crippen LogP contribution in [0.15, 0.2) is 23.0 Å². The van der Waals surface area contributed by atoms with E-state index >= 15 is 0 Å². The average molecular weight is 275 g/mol. The van der Waals surface area contributed by atoms with Crippen LogP contribution in [0.2, 0.25) is 0 Å². The maximum absolute atomic E-state index is 12.5.